The van der Waals surface area contributed by atoms with Gasteiger partial charge in [0, 0.05) is 5.71 Å². The van der Waals surface area contributed by atoms with E-state index >= 15 is 0 Å². The molecule has 0 bridgehead atoms. The van der Waals surface area contributed by atoms with Gasteiger partial charge in [0.2, 0.25) is 0 Å². The van der Waals surface area contributed by atoms with Crippen LogP contribution < -0.4 is 0 Å². The molecule has 0 heterocycles. The summed E-state index contributed by atoms with van der Waals surface area (Å²) >= 11 is 0. The maximum absolute atomic E-state index is 4.71. The van der Waals surface area contributed by atoms with Crippen LogP contribution in [0, 0.1) is 11.8 Å². The third kappa shape index (κ3) is 3.13. The maximum atomic E-state index is 4.71. The van der Waals surface area contributed by atoms with Crippen LogP contribution >= 0.6 is 0 Å². The second-order valence-corrected chi connectivity index (χ2v) is 4.50. The van der Waals surface area contributed by atoms with Crippen LogP contribution in [0.1, 0.15) is 53.4 Å². The SMILES string of the molecule is CCCC1CC1C(CC)N=C(C)C. The molecular weight excluding hydrogens is 158 g/mol. The van der Waals surface area contributed by atoms with Crippen LogP contribution in [-0.4, -0.2) is 11.8 Å². The standard InChI is InChI=1S/C12H23N/c1-5-7-10-8-11(10)12(6-2)13-9(3)4/h10-12H,5-8H2,1-4H3. The minimum Gasteiger partial charge on any atom is -0.291 e. The van der Waals surface area contributed by atoms with Crippen LogP contribution in [0.4, 0.5) is 0 Å². The Morgan fingerprint density at radius 2 is 2.08 bits per heavy atom. The maximum Gasteiger partial charge on any atom is 0.0527 e. The van der Waals surface area contributed by atoms with Gasteiger partial charge in [-0.15, -0.1) is 0 Å². The molecule has 1 nitrogen and oxygen atoms in total. The van der Waals surface area contributed by atoms with Crippen molar-refractivity contribution in [2.45, 2.75) is 59.4 Å². The molecule has 3 atom stereocenters. The van der Waals surface area contributed by atoms with Crippen LogP contribution in [0.25, 0.3) is 0 Å². The molecule has 0 saturated heterocycles. The zero-order valence-electron chi connectivity index (χ0n) is 9.51. The van der Waals surface area contributed by atoms with E-state index < -0.39 is 0 Å². The second-order valence-electron chi connectivity index (χ2n) is 4.50. The molecule has 13 heavy (non-hydrogen) atoms. The average molecular weight is 181 g/mol. The first-order valence-corrected chi connectivity index (χ1v) is 5.70. The predicted octanol–water partition coefficient (Wildman–Crippen LogP) is 3.68. The Bertz CT molecular complexity index is 180. The highest BCUT2D eigenvalue weighted by Crippen LogP contribution is 2.46. The van der Waals surface area contributed by atoms with E-state index in [1.54, 1.807) is 0 Å². The number of hydrogen-bond donors (Lipinski definition) is 0. The van der Waals surface area contributed by atoms with E-state index in [9.17, 15) is 0 Å². The average Bonchev–Trinajstić information content (AvgIpc) is 2.80. The Labute approximate surface area is 82.6 Å². The highest BCUT2D eigenvalue weighted by molar-refractivity contribution is 5.79. The van der Waals surface area contributed by atoms with E-state index in [-0.39, 0.29) is 0 Å². The lowest BCUT2D eigenvalue weighted by Crippen LogP contribution is -2.09. The van der Waals surface area contributed by atoms with Gasteiger partial charge in [-0.05, 0) is 38.5 Å². The van der Waals surface area contributed by atoms with E-state index in [4.69, 9.17) is 4.99 Å². The Morgan fingerprint density at radius 3 is 2.54 bits per heavy atom. The van der Waals surface area contributed by atoms with Crippen molar-refractivity contribution in [3.05, 3.63) is 0 Å². The van der Waals surface area contributed by atoms with Gasteiger partial charge in [-0.1, -0.05) is 26.7 Å². The number of aliphatic imine (C=N–C) groups is 1. The van der Waals surface area contributed by atoms with Crippen molar-refractivity contribution in [2.75, 3.05) is 0 Å². The molecule has 1 heteroatoms. The molecule has 0 aromatic carbocycles. The van der Waals surface area contributed by atoms with Gasteiger partial charge >= 0.3 is 0 Å². The molecule has 1 saturated carbocycles. The van der Waals surface area contributed by atoms with Crippen LogP contribution in [0.2, 0.25) is 0 Å². The lowest BCUT2D eigenvalue weighted by molar-refractivity contribution is 0.520. The zero-order valence-corrected chi connectivity index (χ0v) is 9.51. The molecule has 0 amide bonds. The van der Waals surface area contributed by atoms with Gasteiger partial charge in [-0.25, -0.2) is 0 Å². The number of nitrogens with zero attached hydrogens (tertiary/aromatic N) is 1. The summed E-state index contributed by atoms with van der Waals surface area (Å²) in [5.41, 5.74) is 1.24. The first kappa shape index (κ1) is 10.7. The Hall–Kier alpha value is -0.330. The topological polar surface area (TPSA) is 12.4 Å². The van der Waals surface area contributed by atoms with E-state index in [0.29, 0.717) is 6.04 Å². The summed E-state index contributed by atoms with van der Waals surface area (Å²) < 4.78 is 0. The van der Waals surface area contributed by atoms with Crippen LogP contribution in [-0.2, 0) is 0 Å². The van der Waals surface area contributed by atoms with Crippen LogP contribution in [0.3, 0.4) is 0 Å². The van der Waals surface area contributed by atoms with Gasteiger partial charge < -0.3 is 0 Å². The molecule has 76 valence electrons. The molecule has 1 fully saturated rings. The molecule has 0 spiro atoms. The molecular formula is C12H23N. The fraction of sp³-hybridized carbons (Fsp3) is 0.917. The van der Waals surface area contributed by atoms with Crippen LogP contribution in [0.5, 0.6) is 0 Å². The molecule has 3 unspecified atom stereocenters. The summed E-state index contributed by atoms with van der Waals surface area (Å²) in [5.74, 6) is 1.91. The fourth-order valence-corrected chi connectivity index (χ4v) is 2.27. The Morgan fingerprint density at radius 1 is 1.38 bits per heavy atom. The largest absolute Gasteiger partial charge is 0.291 e. The van der Waals surface area contributed by atoms with Crippen molar-refractivity contribution in [1.29, 1.82) is 0 Å². The predicted molar refractivity (Wildman–Crippen MR) is 59.4 cm³/mol. The molecule has 0 aromatic rings. The van der Waals surface area contributed by atoms with Gasteiger partial charge in [0.05, 0.1) is 6.04 Å². The minimum atomic E-state index is 0.626. The summed E-state index contributed by atoms with van der Waals surface area (Å²) in [6, 6.07) is 0.626. The summed E-state index contributed by atoms with van der Waals surface area (Å²) in [5, 5.41) is 0. The molecule has 0 aliphatic heterocycles. The molecule has 1 aliphatic rings. The summed E-state index contributed by atoms with van der Waals surface area (Å²) in [6.07, 6.45) is 5.41. The van der Waals surface area contributed by atoms with Gasteiger partial charge in [0.1, 0.15) is 0 Å². The van der Waals surface area contributed by atoms with Crippen molar-refractivity contribution < 1.29 is 0 Å². The van der Waals surface area contributed by atoms with Crippen molar-refractivity contribution in [1.82, 2.24) is 0 Å². The quantitative estimate of drug-likeness (QED) is 0.574. The summed E-state index contributed by atoms with van der Waals surface area (Å²) in [7, 11) is 0. The summed E-state index contributed by atoms with van der Waals surface area (Å²) in [6.45, 7) is 8.77. The Balaban J connectivity index is 2.38. The van der Waals surface area contributed by atoms with Crippen LogP contribution in [0.15, 0.2) is 4.99 Å². The minimum absolute atomic E-state index is 0.626. The lowest BCUT2D eigenvalue weighted by atomic mass is 10.1. The highest BCUT2D eigenvalue weighted by atomic mass is 14.8. The van der Waals surface area contributed by atoms with E-state index in [1.807, 2.05) is 0 Å². The van der Waals surface area contributed by atoms with Crippen molar-refractivity contribution in [3.63, 3.8) is 0 Å². The molecule has 1 rings (SSSR count). The van der Waals surface area contributed by atoms with Crippen molar-refractivity contribution in [2.24, 2.45) is 16.8 Å². The molecule has 0 radical (unpaired) electrons. The number of hydrogen-bond acceptors (Lipinski definition) is 1. The Kier molecular flexibility index (Phi) is 3.95. The van der Waals surface area contributed by atoms with Gasteiger partial charge in [0.25, 0.3) is 0 Å². The monoisotopic (exact) mass is 181 g/mol. The molecule has 0 N–H and O–H groups in total. The first-order valence-electron chi connectivity index (χ1n) is 5.70. The molecule has 1 aliphatic carbocycles. The number of rotatable bonds is 5. The van der Waals surface area contributed by atoms with Gasteiger partial charge in [-0.3, -0.25) is 4.99 Å². The van der Waals surface area contributed by atoms with Gasteiger partial charge in [0.15, 0.2) is 0 Å². The second kappa shape index (κ2) is 4.78. The smallest absolute Gasteiger partial charge is 0.0527 e. The lowest BCUT2D eigenvalue weighted by Gasteiger charge is -2.09. The zero-order chi connectivity index (χ0) is 9.84. The third-order valence-corrected chi connectivity index (χ3v) is 2.97. The van der Waals surface area contributed by atoms with Gasteiger partial charge in [-0.2, -0.15) is 0 Å². The van der Waals surface area contributed by atoms with E-state index in [0.717, 1.165) is 11.8 Å². The fourth-order valence-electron chi connectivity index (χ4n) is 2.27. The third-order valence-electron chi connectivity index (χ3n) is 2.97. The highest BCUT2D eigenvalue weighted by Gasteiger charge is 2.40. The van der Waals surface area contributed by atoms with Crippen molar-refractivity contribution >= 4 is 5.71 Å². The normalized spacial score (nSPS) is 28.3. The summed E-state index contributed by atoms with van der Waals surface area (Å²) in [4.78, 5) is 4.71. The molecule has 0 aromatic heterocycles. The van der Waals surface area contributed by atoms with Crippen molar-refractivity contribution in [3.8, 4) is 0 Å². The van der Waals surface area contributed by atoms with E-state index in [1.165, 1.54) is 31.4 Å². The van der Waals surface area contributed by atoms with E-state index in [2.05, 4.69) is 27.7 Å². The first-order chi connectivity index (χ1) is 6.19.